The standard InChI is InChI=1S/C25H22ClNO6/c1-4-32-17-9-7-16(8-10-17)27-22(20-11-5-14(2)33-20)21(24(29)25(27)30)23(28)15-6-12-19(31-3)18(26)13-15/h5-13,22,28H,4H2,1-3H3/b23-21-. The van der Waals surface area contributed by atoms with E-state index >= 15 is 0 Å². The number of ether oxygens (including phenoxy) is 2. The predicted molar refractivity (Wildman–Crippen MR) is 124 cm³/mol. The fraction of sp³-hybridized carbons (Fsp3) is 0.200. The van der Waals surface area contributed by atoms with Crippen molar-refractivity contribution in [2.75, 3.05) is 18.6 Å². The molecule has 3 aromatic rings. The molecule has 2 aromatic carbocycles. The van der Waals surface area contributed by atoms with Crippen LogP contribution in [0.15, 0.2) is 64.6 Å². The Morgan fingerprint density at radius 1 is 1.12 bits per heavy atom. The van der Waals surface area contributed by atoms with Gasteiger partial charge in [0.2, 0.25) is 0 Å². The first-order valence-corrected chi connectivity index (χ1v) is 10.7. The number of carbonyl (C=O) groups is 2. The number of anilines is 1. The molecule has 0 saturated carbocycles. The van der Waals surface area contributed by atoms with E-state index in [1.807, 2.05) is 6.92 Å². The van der Waals surface area contributed by atoms with Gasteiger partial charge in [0.05, 0.1) is 24.3 Å². The van der Waals surface area contributed by atoms with Gasteiger partial charge in [0, 0.05) is 11.3 Å². The number of amides is 1. The highest BCUT2D eigenvalue weighted by molar-refractivity contribution is 6.51. The first-order valence-electron chi connectivity index (χ1n) is 10.3. The molecule has 0 bridgehead atoms. The normalized spacial score (nSPS) is 17.5. The molecule has 0 spiro atoms. The zero-order chi connectivity index (χ0) is 23.7. The number of carbonyl (C=O) groups excluding carboxylic acids is 2. The van der Waals surface area contributed by atoms with Gasteiger partial charge in [-0.3, -0.25) is 14.5 Å². The summed E-state index contributed by atoms with van der Waals surface area (Å²) in [6, 6.07) is 13.9. The summed E-state index contributed by atoms with van der Waals surface area (Å²) in [6.07, 6.45) is 0. The summed E-state index contributed by atoms with van der Waals surface area (Å²) in [7, 11) is 1.47. The number of methoxy groups -OCH3 is 1. The number of aryl methyl sites for hydroxylation is 1. The van der Waals surface area contributed by atoms with Gasteiger partial charge in [-0.05, 0) is 68.4 Å². The van der Waals surface area contributed by atoms with E-state index in [4.69, 9.17) is 25.5 Å². The van der Waals surface area contributed by atoms with Crippen LogP contribution in [0, 0.1) is 6.92 Å². The van der Waals surface area contributed by atoms with Crippen LogP contribution in [-0.2, 0) is 9.59 Å². The highest BCUT2D eigenvalue weighted by Gasteiger charge is 2.48. The zero-order valence-corrected chi connectivity index (χ0v) is 19.1. The van der Waals surface area contributed by atoms with Crippen LogP contribution in [0.5, 0.6) is 11.5 Å². The Hall–Kier alpha value is -3.71. The second-order valence-electron chi connectivity index (χ2n) is 7.39. The van der Waals surface area contributed by atoms with Gasteiger partial charge < -0.3 is 19.0 Å². The number of aliphatic hydroxyl groups excluding tert-OH is 1. The molecule has 0 aliphatic carbocycles. The Labute approximate surface area is 195 Å². The molecular weight excluding hydrogens is 446 g/mol. The minimum atomic E-state index is -0.961. The molecule has 7 nitrogen and oxygen atoms in total. The molecule has 1 saturated heterocycles. The SMILES string of the molecule is CCOc1ccc(N2C(=O)C(=O)/C(=C(\O)c3ccc(OC)c(Cl)c3)C2c2ccc(C)o2)cc1. The molecule has 1 atom stereocenters. The minimum absolute atomic E-state index is 0.0931. The molecule has 2 heterocycles. The molecule has 170 valence electrons. The summed E-state index contributed by atoms with van der Waals surface area (Å²) in [4.78, 5) is 27.6. The van der Waals surface area contributed by atoms with E-state index in [0.29, 0.717) is 35.3 Å². The second kappa shape index (κ2) is 9.03. The Morgan fingerprint density at radius 2 is 1.85 bits per heavy atom. The van der Waals surface area contributed by atoms with E-state index in [0.717, 1.165) is 0 Å². The van der Waals surface area contributed by atoms with E-state index in [2.05, 4.69) is 0 Å². The van der Waals surface area contributed by atoms with Gasteiger partial charge in [-0.25, -0.2) is 0 Å². The molecular formula is C25H22ClNO6. The lowest BCUT2D eigenvalue weighted by Crippen LogP contribution is -2.29. The number of nitrogens with zero attached hydrogens (tertiary/aromatic N) is 1. The monoisotopic (exact) mass is 467 g/mol. The highest BCUT2D eigenvalue weighted by Crippen LogP contribution is 2.43. The number of furan rings is 1. The average Bonchev–Trinajstić information content (AvgIpc) is 3.35. The first kappa shape index (κ1) is 22.5. The van der Waals surface area contributed by atoms with E-state index < -0.39 is 17.7 Å². The highest BCUT2D eigenvalue weighted by atomic mass is 35.5. The lowest BCUT2D eigenvalue weighted by atomic mass is 9.99. The van der Waals surface area contributed by atoms with Gasteiger partial charge in [-0.2, -0.15) is 0 Å². The summed E-state index contributed by atoms with van der Waals surface area (Å²) in [5.74, 6) is 0.0472. The number of aliphatic hydroxyl groups is 1. The van der Waals surface area contributed by atoms with Crippen LogP contribution in [0.2, 0.25) is 5.02 Å². The fourth-order valence-electron chi connectivity index (χ4n) is 3.81. The van der Waals surface area contributed by atoms with Crippen molar-refractivity contribution in [1.82, 2.24) is 0 Å². The lowest BCUT2D eigenvalue weighted by Gasteiger charge is -2.23. The van der Waals surface area contributed by atoms with Gasteiger partial charge in [0.1, 0.15) is 34.8 Å². The summed E-state index contributed by atoms with van der Waals surface area (Å²) < 4.78 is 16.4. The summed E-state index contributed by atoms with van der Waals surface area (Å²) in [6.45, 7) is 4.13. The number of rotatable bonds is 6. The summed E-state index contributed by atoms with van der Waals surface area (Å²) in [5.41, 5.74) is 0.648. The van der Waals surface area contributed by atoms with E-state index in [9.17, 15) is 14.7 Å². The molecule has 1 fully saturated rings. The number of halogens is 1. The quantitative estimate of drug-likeness (QED) is 0.301. The van der Waals surface area contributed by atoms with Crippen LogP contribution in [0.25, 0.3) is 5.76 Å². The average molecular weight is 468 g/mol. The fourth-order valence-corrected chi connectivity index (χ4v) is 4.06. The Kier molecular flexibility index (Phi) is 6.16. The van der Waals surface area contributed by atoms with Gasteiger partial charge in [0.15, 0.2) is 0 Å². The largest absolute Gasteiger partial charge is 0.507 e. The lowest BCUT2D eigenvalue weighted by molar-refractivity contribution is -0.132. The summed E-state index contributed by atoms with van der Waals surface area (Å²) >= 11 is 6.22. The molecule has 0 radical (unpaired) electrons. The van der Waals surface area contributed by atoms with E-state index in [1.54, 1.807) is 55.5 Å². The second-order valence-corrected chi connectivity index (χ2v) is 7.80. The number of Topliss-reactive ketones (excluding diaryl/α,β-unsaturated/α-hetero) is 1. The molecule has 1 amide bonds. The Balaban J connectivity index is 1.87. The maximum absolute atomic E-state index is 13.1. The minimum Gasteiger partial charge on any atom is -0.507 e. The Bertz CT molecular complexity index is 1240. The Morgan fingerprint density at radius 3 is 2.42 bits per heavy atom. The van der Waals surface area contributed by atoms with Crippen LogP contribution in [0.3, 0.4) is 0 Å². The maximum atomic E-state index is 13.1. The molecule has 1 aromatic heterocycles. The van der Waals surface area contributed by atoms with Gasteiger partial charge >= 0.3 is 0 Å². The summed E-state index contributed by atoms with van der Waals surface area (Å²) in [5, 5.41) is 11.4. The number of benzene rings is 2. The van der Waals surface area contributed by atoms with Crippen LogP contribution in [0.1, 0.15) is 30.0 Å². The number of ketones is 1. The third-order valence-corrected chi connectivity index (χ3v) is 5.62. The van der Waals surface area contributed by atoms with Crippen molar-refractivity contribution in [2.24, 2.45) is 0 Å². The smallest absolute Gasteiger partial charge is 0.300 e. The van der Waals surface area contributed by atoms with Crippen molar-refractivity contribution in [3.05, 3.63) is 82.3 Å². The topological polar surface area (TPSA) is 89.2 Å². The molecule has 1 unspecified atom stereocenters. The van der Waals surface area contributed by atoms with Crippen molar-refractivity contribution in [3.63, 3.8) is 0 Å². The molecule has 4 rings (SSSR count). The number of hydrogen-bond donors (Lipinski definition) is 1. The maximum Gasteiger partial charge on any atom is 0.300 e. The van der Waals surface area contributed by atoms with Crippen molar-refractivity contribution in [2.45, 2.75) is 19.9 Å². The van der Waals surface area contributed by atoms with Crippen LogP contribution < -0.4 is 14.4 Å². The molecule has 1 N–H and O–H groups in total. The van der Waals surface area contributed by atoms with Crippen molar-refractivity contribution >= 4 is 34.7 Å². The number of hydrogen-bond acceptors (Lipinski definition) is 6. The van der Waals surface area contributed by atoms with E-state index in [-0.39, 0.29) is 21.9 Å². The first-order chi connectivity index (χ1) is 15.8. The van der Waals surface area contributed by atoms with Gasteiger partial charge in [0.25, 0.3) is 11.7 Å². The van der Waals surface area contributed by atoms with Crippen molar-refractivity contribution in [1.29, 1.82) is 0 Å². The van der Waals surface area contributed by atoms with Crippen LogP contribution >= 0.6 is 11.6 Å². The third-order valence-electron chi connectivity index (χ3n) is 5.33. The van der Waals surface area contributed by atoms with Gasteiger partial charge in [-0.15, -0.1) is 0 Å². The molecule has 1 aliphatic rings. The zero-order valence-electron chi connectivity index (χ0n) is 18.3. The van der Waals surface area contributed by atoms with Gasteiger partial charge in [-0.1, -0.05) is 11.6 Å². The third kappa shape index (κ3) is 4.07. The van der Waals surface area contributed by atoms with Crippen LogP contribution in [0.4, 0.5) is 5.69 Å². The molecule has 8 heteroatoms. The van der Waals surface area contributed by atoms with Crippen LogP contribution in [-0.4, -0.2) is 30.5 Å². The molecule has 1 aliphatic heterocycles. The van der Waals surface area contributed by atoms with E-state index in [1.165, 1.54) is 18.1 Å². The van der Waals surface area contributed by atoms with Crippen molar-refractivity contribution < 1.29 is 28.6 Å². The van der Waals surface area contributed by atoms with Crippen molar-refractivity contribution in [3.8, 4) is 11.5 Å². The predicted octanol–water partition coefficient (Wildman–Crippen LogP) is 5.28. The molecule has 33 heavy (non-hydrogen) atoms.